The van der Waals surface area contributed by atoms with E-state index >= 15 is 0 Å². The van der Waals surface area contributed by atoms with E-state index < -0.39 is 8.07 Å². The van der Waals surface area contributed by atoms with Gasteiger partial charge < -0.3 is 0 Å². The molecular weight excluding hydrogens is 218 g/mol. The summed E-state index contributed by atoms with van der Waals surface area (Å²) in [6.45, 7) is 14.3. The van der Waals surface area contributed by atoms with Crippen molar-refractivity contribution < 1.29 is 0 Å². The van der Waals surface area contributed by atoms with Crippen LogP contribution < -0.4 is 4.63 Å². The van der Waals surface area contributed by atoms with Crippen LogP contribution in [0.1, 0.15) is 41.5 Å². The lowest BCUT2D eigenvalue weighted by molar-refractivity contribution is 0.834. The van der Waals surface area contributed by atoms with Crippen LogP contribution in [0.2, 0.25) is 16.6 Å². The third-order valence-corrected chi connectivity index (χ3v) is 12.3. The van der Waals surface area contributed by atoms with E-state index in [0.717, 1.165) is 16.6 Å². The maximum atomic E-state index is 4.63. The van der Waals surface area contributed by atoms with Gasteiger partial charge in [-0.2, -0.15) is 11.3 Å². The highest BCUT2D eigenvalue weighted by Gasteiger charge is 2.33. The van der Waals surface area contributed by atoms with Crippen molar-refractivity contribution in [1.82, 2.24) is 4.98 Å². The first-order valence-corrected chi connectivity index (χ1v) is 8.95. The molecule has 0 N–H and O–H groups in total. The Labute approximate surface area is 99.0 Å². The van der Waals surface area contributed by atoms with Crippen LogP contribution in [0, 0.1) is 0 Å². The lowest BCUT2D eigenvalue weighted by Gasteiger charge is -2.53. The topological polar surface area (TPSA) is 12.9 Å². The average Bonchev–Trinajstić information content (AvgIpc) is 2.55. The van der Waals surface area contributed by atoms with Crippen molar-refractivity contribution in [2.24, 2.45) is 0 Å². The van der Waals surface area contributed by atoms with Gasteiger partial charge in [0.1, 0.15) is 0 Å². The third-order valence-electron chi connectivity index (χ3n) is 3.67. The Morgan fingerprint density at radius 3 is 1.73 bits per heavy atom. The predicted octanol–water partition coefficient (Wildman–Crippen LogP) is 4.03. The standard InChI is InChI=1S/C12H23NSSi/c1-9(2)15(10(3)4,11(5)6)12-13-7-8-14-12/h7-11H,1-6H3/q-1. The summed E-state index contributed by atoms with van der Waals surface area (Å²) in [6, 6.07) is 0. The SMILES string of the molecule is CC(C)[Si-](c1nccs1)(C(C)C)C(C)C. The van der Waals surface area contributed by atoms with Crippen molar-refractivity contribution in [3.05, 3.63) is 11.6 Å². The van der Waals surface area contributed by atoms with E-state index in [0.29, 0.717) is 0 Å². The number of thiazole rings is 1. The quantitative estimate of drug-likeness (QED) is 0.725. The minimum Gasteiger partial charge on any atom is -0.288 e. The molecule has 0 saturated heterocycles. The monoisotopic (exact) mass is 241 g/mol. The largest absolute Gasteiger partial charge is 0.288 e. The van der Waals surface area contributed by atoms with Crippen LogP contribution in [0.3, 0.4) is 0 Å². The van der Waals surface area contributed by atoms with E-state index in [9.17, 15) is 0 Å². The number of aromatic nitrogens is 1. The molecule has 0 spiro atoms. The summed E-state index contributed by atoms with van der Waals surface area (Å²) >= 11 is 1.87. The smallest absolute Gasteiger partial charge is 0.0340 e. The van der Waals surface area contributed by atoms with Crippen molar-refractivity contribution in [2.45, 2.75) is 58.2 Å². The normalized spacial score (nSPS) is 13.1. The Bertz CT molecular complexity index is 269. The molecule has 1 nitrogen and oxygen atoms in total. The molecule has 1 aromatic rings. The van der Waals surface area contributed by atoms with Gasteiger partial charge in [-0.05, 0) is 4.63 Å². The second kappa shape index (κ2) is 4.79. The van der Waals surface area contributed by atoms with Gasteiger partial charge in [-0.25, -0.2) is 0 Å². The summed E-state index contributed by atoms with van der Waals surface area (Å²) in [6.07, 6.45) is 1.97. The Morgan fingerprint density at radius 2 is 1.47 bits per heavy atom. The van der Waals surface area contributed by atoms with E-state index in [-0.39, 0.29) is 0 Å². The van der Waals surface area contributed by atoms with Crippen molar-refractivity contribution in [1.29, 1.82) is 0 Å². The molecule has 0 amide bonds. The first kappa shape index (κ1) is 12.9. The molecule has 87 valence electrons. The van der Waals surface area contributed by atoms with E-state index in [4.69, 9.17) is 0 Å². The zero-order chi connectivity index (χ0) is 11.6. The molecule has 1 aromatic heterocycles. The van der Waals surface area contributed by atoms with Gasteiger partial charge in [-0.15, -0.1) is 16.6 Å². The molecule has 0 radical (unpaired) electrons. The summed E-state index contributed by atoms with van der Waals surface area (Å²) in [5.74, 6) is 0. The van der Waals surface area contributed by atoms with Crippen molar-refractivity contribution in [2.75, 3.05) is 0 Å². The summed E-state index contributed by atoms with van der Waals surface area (Å²) in [4.78, 5) is 4.63. The highest BCUT2D eigenvalue weighted by molar-refractivity contribution is 7.25. The van der Waals surface area contributed by atoms with Crippen LogP contribution in [0.4, 0.5) is 0 Å². The molecule has 0 bridgehead atoms. The predicted molar refractivity (Wildman–Crippen MR) is 72.8 cm³/mol. The summed E-state index contributed by atoms with van der Waals surface area (Å²) in [7, 11) is -1.44. The molecule has 0 aliphatic rings. The number of hydrogen-bond donors (Lipinski definition) is 0. The van der Waals surface area contributed by atoms with Gasteiger partial charge in [0.25, 0.3) is 0 Å². The van der Waals surface area contributed by atoms with Gasteiger partial charge in [0.2, 0.25) is 0 Å². The first-order valence-electron chi connectivity index (χ1n) is 5.84. The molecule has 0 aliphatic heterocycles. The first-order chi connectivity index (χ1) is 6.94. The maximum Gasteiger partial charge on any atom is 0.0340 e. The molecular formula is C12H23NSSi-. The fraction of sp³-hybridized carbons (Fsp3) is 0.750. The van der Waals surface area contributed by atoms with E-state index in [1.807, 2.05) is 17.5 Å². The Hall–Kier alpha value is -0.153. The van der Waals surface area contributed by atoms with Crippen molar-refractivity contribution in [3.8, 4) is 0 Å². The zero-order valence-corrected chi connectivity index (χ0v) is 12.6. The van der Waals surface area contributed by atoms with Crippen LogP contribution in [0.5, 0.6) is 0 Å². The molecule has 1 rings (SSSR count). The van der Waals surface area contributed by atoms with E-state index in [2.05, 4.69) is 51.9 Å². The van der Waals surface area contributed by atoms with Gasteiger partial charge >= 0.3 is 0 Å². The Kier molecular flexibility index (Phi) is 4.12. The molecule has 0 aliphatic carbocycles. The lowest BCUT2D eigenvalue weighted by Crippen LogP contribution is -2.55. The Morgan fingerprint density at radius 1 is 1.00 bits per heavy atom. The summed E-state index contributed by atoms with van der Waals surface area (Å²) < 4.78 is 1.45. The number of rotatable bonds is 4. The molecule has 0 saturated carbocycles. The van der Waals surface area contributed by atoms with Gasteiger partial charge in [0.15, 0.2) is 0 Å². The number of nitrogens with zero attached hydrogens (tertiary/aromatic N) is 1. The van der Waals surface area contributed by atoms with Crippen LogP contribution in [-0.2, 0) is 0 Å². The molecule has 0 aromatic carbocycles. The second-order valence-corrected chi connectivity index (χ2v) is 12.3. The van der Waals surface area contributed by atoms with E-state index in [1.54, 1.807) is 0 Å². The molecule has 0 atom stereocenters. The molecule has 3 heteroatoms. The Balaban J connectivity index is 3.27. The molecule has 0 unspecified atom stereocenters. The van der Waals surface area contributed by atoms with Gasteiger partial charge in [0.05, 0.1) is 0 Å². The zero-order valence-electron chi connectivity index (χ0n) is 10.7. The molecule has 0 fully saturated rings. The van der Waals surface area contributed by atoms with Crippen LogP contribution in [0.15, 0.2) is 11.6 Å². The molecule has 1 heterocycles. The number of hydrogen-bond acceptors (Lipinski definition) is 2. The third kappa shape index (κ3) is 2.04. The highest BCUT2D eigenvalue weighted by Crippen LogP contribution is 2.41. The maximum absolute atomic E-state index is 4.63. The molecule has 15 heavy (non-hydrogen) atoms. The fourth-order valence-corrected chi connectivity index (χ4v) is 12.5. The van der Waals surface area contributed by atoms with Crippen molar-refractivity contribution in [3.63, 3.8) is 0 Å². The van der Waals surface area contributed by atoms with Gasteiger partial charge in [-0.1, -0.05) is 49.6 Å². The van der Waals surface area contributed by atoms with Crippen LogP contribution in [0.25, 0.3) is 0 Å². The lowest BCUT2D eigenvalue weighted by atomic mass is 10.5. The summed E-state index contributed by atoms with van der Waals surface area (Å²) in [5, 5.41) is 2.13. The second-order valence-electron chi connectivity index (χ2n) is 5.23. The van der Waals surface area contributed by atoms with Crippen molar-refractivity contribution >= 4 is 24.0 Å². The van der Waals surface area contributed by atoms with Gasteiger partial charge in [-0.3, -0.25) is 4.98 Å². The van der Waals surface area contributed by atoms with Crippen LogP contribution >= 0.6 is 11.3 Å². The minimum atomic E-state index is -1.44. The summed E-state index contributed by atoms with van der Waals surface area (Å²) in [5.41, 5.74) is 2.30. The average molecular weight is 241 g/mol. The minimum absolute atomic E-state index is 0.767. The fourth-order valence-electron chi connectivity index (χ4n) is 3.18. The highest BCUT2D eigenvalue weighted by atomic mass is 32.1. The van der Waals surface area contributed by atoms with Gasteiger partial charge in [0, 0.05) is 11.6 Å². The van der Waals surface area contributed by atoms with Crippen LogP contribution in [-0.4, -0.2) is 13.1 Å². The van der Waals surface area contributed by atoms with E-state index in [1.165, 1.54) is 4.63 Å².